The molecule has 0 aliphatic heterocycles. The molecule has 0 saturated heterocycles. The third-order valence-electron chi connectivity index (χ3n) is 4.28. The first kappa shape index (κ1) is 16.9. The Balaban J connectivity index is 1.76. The monoisotopic (exact) mass is 341 g/mol. The van der Waals surface area contributed by atoms with Crippen molar-refractivity contribution in [3.8, 4) is 0 Å². The van der Waals surface area contributed by atoms with Gasteiger partial charge in [0, 0.05) is 12.1 Å². The molecule has 1 aromatic carbocycles. The number of amides is 1. The van der Waals surface area contributed by atoms with Gasteiger partial charge in [-0.25, -0.2) is 9.78 Å². The van der Waals surface area contributed by atoms with Crippen LogP contribution in [0.4, 0.5) is 16.3 Å². The summed E-state index contributed by atoms with van der Waals surface area (Å²) in [6.45, 7) is 0.176. The fourth-order valence-corrected chi connectivity index (χ4v) is 3.01. The molecular formula is C18H19N3O4. The van der Waals surface area contributed by atoms with E-state index in [2.05, 4.69) is 4.98 Å². The minimum absolute atomic E-state index is 0.0113. The third-order valence-corrected chi connectivity index (χ3v) is 4.28. The van der Waals surface area contributed by atoms with E-state index in [0.717, 1.165) is 31.2 Å². The maximum Gasteiger partial charge on any atom is 0.416 e. The molecule has 1 heterocycles. The van der Waals surface area contributed by atoms with Gasteiger partial charge in [-0.1, -0.05) is 43.2 Å². The number of rotatable bonds is 5. The molecule has 1 amide bonds. The molecule has 0 N–H and O–H groups in total. The number of carbonyl (C=O) groups is 1. The first-order chi connectivity index (χ1) is 12.1. The Hall–Kier alpha value is -2.96. The van der Waals surface area contributed by atoms with Crippen molar-refractivity contribution in [2.24, 2.45) is 0 Å². The standard InChI is InChI=1S/C18H19N3O4/c22-18(25-13-14-6-2-1-3-7-14)20(15-8-4-5-9-15)17-11-10-16(12-19-17)21(23)24/h1-3,6-7,10-12,15H,4-5,8-9,13H2. The van der Waals surface area contributed by atoms with Crippen LogP contribution in [-0.2, 0) is 11.3 Å². The molecule has 1 aromatic heterocycles. The lowest BCUT2D eigenvalue weighted by Gasteiger charge is -2.27. The van der Waals surface area contributed by atoms with Gasteiger partial charge in [0.05, 0.1) is 4.92 Å². The van der Waals surface area contributed by atoms with Crippen molar-refractivity contribution in [3.05, 3.63) is 64.3 Å². The number of ether oxygens (including phenoxy) is 1. The minimum Gasteiger partial charge on any atom is -0.444 e. The van der Waals surface area contributed by atoms with Gasteiger partial charge in [0.2, 0.25) is 0 Å². The normalized spacial score (nSPS) is 14.2. The number of hydrogen-bond donors (Lipinski definition) is 0. The fourth-order valence-electron chi connectivity index (χ4n) is 3.01. The Labute approximate surface area is 145 Å². The maximum atomic E-state index is 12.7. The van der Waals surface area contributed by atoms with Crippen LogP contribution in [0.1, 0.15) is 31.2 Å². The zero-order valence-corrected chi connectivity index (χ0v) is 13.7. The van der Waals surface area contributed by atoms with E-state index in [4.69, 9.17) is 4.74 Å². The lowest BCUT2D eigenvalue weighted by atomic mass is 10.2. The van der Waals surface area contributed by atoms with E-state index < -0.39 is 11.0 Å². The number of nitro groups is 1. The number of benzene rings is 1. The van der Waals surface area contributed by atoms with Gasteiger partial charge in [-0.05, 0) is 24.5 Å². The van der Waals surface area contributed by atoms with Crippen LogP contribution >= 0.6 is 0 Å². The lowest BCUT2D eigenvalue weighted by molar-refractivity contribution is -0.385. The van der Waals surface area contributed by atoms with Gasteiger partial charge in [-0.15, -0.1) is 0 Å². The second-order valence-corrected chi connectivity index (χ2v) is 5.98. The van der Waals surface area contributed by atoms with Crippen LogP contribution in [0.2, 0.25) is 0 Å². The van der Waals surface area contributed by atoms with Crippen LogP contribution in [0.15, 0.2) is 48.7 Å². The van der Waals surface area contributed by atoms with Crippen molar-refractivity contribution in [1.82, 2.24) is 4.98 Å². The molecule has 1 aliphatic carbocycles. The molecule has 130 valence electrons. The predicted octanol–water partition coefficient (Wildman–Crippen LogP) is 4.08. The third kappa shape index (κ3) is 4.12. The summed E-state index contributed by atoms with van der Waals surface area (Å²) in [5, 5.41) is 10.8. The molecule has 1 fully saturated rings. The summed E-state index contributed by atoms with van der Waals surface area (Å²) >= 11 is 0. The van der Waals surface area contributed by atoms with Gasteiger partial charge in [-0.2, -0.15) is 0 Å². The Bertz CT molecular complexity index is 728. The van der Waals surface area contributed by atoms with Gasteiger partial charge in [-0.3, -0.25) is 15.0 Å². The second kappa shape index (κ2) is 7.74. The average molecular weight is 341 g/mol. The van der Waals surface area contributed by atoms with Crippen molar-refractivity contribution in [1.29, 1.82) is 0 Å². The van der Waals surface area contributed by atoms with E-state index in [1.165, 1.54) is 23.2 Å². The van der Waals surface area contributed by atoms with Crippen LogP contribution < -0.4 is 4.90 Å². The van der Waals surface area contributed by atoms with Crippen LogP contribution in [0.5, 0.6) is 0 Å². The number of nitrogens with zero attached hydrogens (tertiary/aromatic N) is 3. The molecule has 7 nitrogen and oxygen atoms in total. The van der Waals surface area contributed by atoms with Crippen molar-refractivity contribution < 1.29 is 14.5 Å². The first-order valence-electron chi connectivity index (χ1n) is 8.25. The van der Waals surface area contributed by atoms with Gasteiger partial charge in [0.25, 0.3) is 5.69 Å². The summed E-state index contributed by atoms with van der Waals surface area (Å²) in [6, 6.07) is 12.3. The first-order valence-corrected chi connectivity index (χ1v) is 8.25. The topological polar surface area (TPSA) is 85.6 Å². The predicted molar refractivity (Wildman–Crippen MR) is 92.3 cm³/mol. The molecule has 2 aromatic rings. The van der Waals surface area contributed by atoms with Crippen LogP contribution in [0.25, 0.3) is 0 Å². The second-order valence-electron chi connectivity index (χ2n) is 5.98. The van der Waals surface area contributed by atoms with Crippen molar-refractivity contribution in [2.75, 3.05) is 4.90 Å². The van der Waals surface area contributed by atoms with Crippen LogP contribution in [-0.4, -0.2) is 22.0 Å². The Morgan fingerprint density at radius 3 is 2.52 bits per heavy atom. The number of pyridine rings is 1. The highest BCUT2D eigenvalue weighted by atomic mass is 16.6. The molecule has 3 rings (SSSR count). The number of carbonyl (C=O) groups excluding carboxylic acids is 1. The fraction of sp³-hybridized carbons (Fsp3) is 0.333. The largest absolute Gasteiger partial charge is 0.444 e. The lowest BCUT2D eigenvalue weighted by Crippen LogP contribution is -2.39. The zero-order valence-electron chi connectivity index (χ0n) is 13.7. The van der Waals surface area contributed by atoms with Gasteiger partial charge in [0.1, 0.15) is 18.6 Å². The van der Waals surface area contributed by atoms with Crippen LogP contribution in [0, 0.1) is 10.1 Å². The van der Waals surface area contributed by atoms with Crippen molar-refractivity contribution in [3.63, 3.8) is 0 Å². The summed E-state index contributed by atoms with van der Waals surface area (Å²) in [5.41, 5.74) is 0.798. The van der Waals surface area contributed by atoms with Crippen LogP contribution in [0.3, 0.4) is 0 Å². The molecule has 1 saturated carbocycles. The van der Waals surface area contributed by atoms with Gasteiger partial charge < -0.3 is 4.74 Å². The van der Waals surface area contributed by atoms with Gasteiger partial charge >= 0.3 is 6.09 Å². The van der Waals surface area contributed by atoms with Crippen molar-refractivity contribution >= 4 is 17.6 Å². The average Bonchev–Trinajstić information content (AvgIpc) is 3.16. The molecule has 25 heavy (non-hydrogen) atoms. The quantitative estimate of drug-likeness (QED) is 0.604. The van der Waals surface area contributed by atoms with E-state index in [1.807, 2.05) is 30.3 Å². The number of aromatic nitrogens is 1. The Morgan fingerprint density at radius 2 is 1.92 bits per heavy atom. The molecular weight excluding hydrogens is 322 g/mol. The highest BCUT2D eigenvalue weighted by Gasteiger charge is 2.30. The summed E-state index contributed by atoms with van der Waals surface area (Å²) in [4.78, 5) is 28.6. The van der Waals surface area contributed by atoms with E-state index >= 15 is 0 Å². The molecule has 0 unspecified atom stereocenters. The highest BCUT2D eigenvalue weighted by molar-refractivity contribution is 5.87. The van der Waals surface area contributed by atoms with E-state index in [9.17, 15) is 14.9 Å². The summed E-state index contributed by atoms with van der Waals surface area (Å²) in [6.07, 6.45) is 4.53. The van der Waals surface area contributed by atoms with E-state index in [0.29, 0.717) is 5.82 Å². The van der Waals surface area contributed by atoms with Gasteiger partial charge in [0.15, 0.2) is 0 Å². The summed E-state index contributed by atoms with van der Waals surface area (Å²) in [7, 11) is 0. The SMILES string of the molecule is O=C(OCc1ccccc1)N(c1ccc([N+](=O)[O-])cn1)C1CCCC1. The molecule has 0 atom stereocenters. The maximum absolute atomic E-state index is 12.7. The Kier molecular flexibility index (Phi) is 5.23. The smallest absolute Gasteiger partial charge is 0.416 e. The molecule has 7 heteroatoms. The Morgan fingerprint density at radius 1 is 1.20 bits per heavy atom. The van der Waals surface area contributed by atoms with E-state index in [-0.39, 0.29) is 18.3 Å². The number of hydrogen-bond acceptors (Lipinski definition) is 5. The molecule has 0 spiro atoms. The molecule has 0 radical (unpaired) electrons. The van der Waals surface area contributed by atoms with Crippen molar-refractivity contribution in [2.45, 2.75) is 38.3 Å². The minimum atomic E-state index is -0.510. The summed E-state index contributed by atoms with van der Waals surface area (Å²) < 4.78 is 5.45. The molecule has 0 bridgehead atoms. The summed E-state index contributed by atoms with van der Waals surface area (Å²) in [5.74, 6) is 0.385. The zero-order chi connectivity index (χ0) is 17.6. The molecule has 1 aliphatic rings. The number of anilines is 1. The van der Waals surface area contributed by atoms with E-state index in [1.54, 1.807) is 0 Å². The highest BCUT2D eigenvalue weighted by Crippen LogP contribution is 2.28.